The van der Waals surface area contributed by atoms with Crippen LogP contribution < -0.4 is 20.1 Å². The van der Waals surface area contributed by atoms with Crippen molar-refractivity contribution in [3.63, 3.8) is 0 Å². The van der Waals surface area contributed by atoms with E-state index in [4.69, 9.17) is 9.47 Å². The van der Waals surface area contributed by atoms with E-state index in [-0.39, 0.29) is 24.3 Å². The second-order valence-electron chi connectivity index (χ2n) is 5.97. The van der Waals surface area contributed by atoms with Crippen LogP contribution in [0.1, 0.15) is 31.9 Å². The molecule has 0 heterocycles. The number of carbonyl (C=O) groups is 2. The van der Waals surface area contributed by atoms with E-state index in [0.29, 0.717) is 25.5 Å². The van der Waals surface area contributed by atoms with E-state index < -0.39 is 0 Å². The molecule has 0 bridgehead atoms. The van der Waals surface area contributed by atoms with Crippen LogP contribution in [-0.2, 0) is 9.59 Å². The maximum absolute atomic E-state index is 12.2. The highest BCUT2D eigenvalue weighted by Crippen LogP contribution is 2.18. The normalized spacial score (nSPS) is 11.3. The van der Waals surface area contributed by atoms with Gasteiger partial charge in [0, 0.05) is 6.92 Å². The van der Waals surface area contributed by atoms with E-state index in [1.165, 1.54) is 6.92 Å². The van der Waals surface area contributed by atoms with E-state index in [1.54, 1.807) is 0 Å². The molecule has 0 aromatic heterocycles. The van der Waals surface area contributed by atoms with Gasteiger partial charge in [0.2, 0.25) is 11.8 Å². The second-order valence-corrected chi connectivity index (χ2v) is 5.97. The SMILES string of the molecule is CCOc1ccc(OCCNC(=O)C[C@H](NC(C)=O)c2ccccc2)cc1. The third kappa shape index (κ3) is 7.40. The Balaban J connectivity index is 1.76. The summed E-state index contributed by atoms with van der Waals surface area (Å²) in [5, 5.41) is 5.63. The Morgan fingerprint density at radius 1 is 0.963 bits per heavy atom. The lowest BCUT2D eigenvalue weighted by molar-refractivity contribution is -0.122. The fourth-order valence-electron chi connectivity index (χ4n) is 2.60. The van der Waals surface area contributed by atoms with Gasteiger partial charge in [-0.1, -0.05) is 30.3 Å². The molecule has 0 spiro atoms. The van der Waals surface area contributed by atoms with Gasteiger partial charge in [-0.3, -0.25) is 9.59 Å². The molecule has 2 amide bonds. The lowest BCUT2D eigenvalue weighted by Gasteiger charge is -2.18. The van der Waals surface area contributed by atoms with E-state index >= 15 is 0 Å². The van der Waals surface area contributed by atoms with E-state index in [1.807, 2.05) is 61.5 Å². The van der Waals surface area contributed by atoms with Crippen LogP contribution >= 0.6 is 0 Å². The van der Waals surface area contributed by atoms with Crippen LogP contribution in [0.3, 0.4) is 0 Å². The molecule has 2 aromatic rings. The largest absolute Gasteiger partial charge is 0.494 e. The van der Waals surface area contributed by atoms with Gasteiger partial charge >= 0.3 is 0 Å². The summed E-state index contributed by atoms with van der Waals surface area (Å²) in [5.41, 5.74) is 0.897. The van der Waals surface area contributed by atoms with Gasteiger partial charge in [0.05, 0.1) is 25.6 Å². The maximum atomic E-state index is 12.2. The fourth-order valence-corrected chi connectivity index (χ4v) is 2.60. The Kier molecular flexibility index (Phi) is 8.16. The van der Waals surface area contributed by atoms with Gasteiger partial charge in [0.1, 0.15) is 18.1 Å². The van der Waals surface area contributed by atoms with Crippen LogP contribution in [0.5, 0.6) is 11.5 Å². The Labute approximate surface area is 159 Å². The first-order valence-corrected chi connectivity index (χ1v) is 9.03. The average molecular weight is 370 g/mol. The van der Waals surface area contributed by atoms with Crippen LogP contribution in [0.25, 0.3) is 0 Å². The molecule has 0 saturated heterocycles. The summed E-state index contributed by atoms with van der Waals surface area (Å²) in [5.74, 6) is 1.19. The van der Waals surface area contributed by atoms with Crippen LogP contribution in [0, 0.1) is 0 Å². The summed E-state index contributed by atoms with van der Waals surface area (Å²) < 4.78 is 11.0. The van der Waals surface area contributed by atoms with Crippen molar-refractivity contribution in [3.05, 3.63) is 60.2 Å². The second kappa shape index (κ2) is 10.9. The van der Waals surface area contributed by atoms with Crippen molar-refractivity contribution in [2.75, 3.05) is 19.8 Å². The molecule has 2 rings (SSSR count). The Morgan fingerprint density at radius 2 is 1.59 bits per heavy atom. The van der Waals surface area contributed by atoms with Crippen molar-refractivity contribution in [3.8, 4) is 11.5 Å². The molecule has 0 unspecified atom stereocenters. The highest BCUT2D eigenvalue weighted by molar-refractivity contribution is 5.79. The van der Waals surface area contributed by atoms with Gasteiger partial charge in [0.25, 0.3) is 0 Å². The van der Waals surface area contributed by atoms with Crippen molar-refractivity contribution in [1.29, 1.82) is 0 Å². The Hall–Kier alpha value is -3.02. The van der Waals surface area contributed by atoms with Gasteiger partial charge in [-0.2, -0.15) is 0 Å². The highest BCUT2D eigenvalue weighted by atomic mass is 16.5. The molecule has 27 heavy (non-hydrogen) atoms. The van der Waals surface area contributed by atoms with Crippen molar-refractivity contribution in [2.45, 2.75) is 26.3 Å². The zero-order valence-electron chi connectivity index (χ0n) is 15.7. The molecule has 144 valence electrons. The van der Waals surface area contributed by atoms with Crippen LogP contribution in [-0.4, -0.2) is 31.6 Å². The minimum absolute atomic E-state index is 0.145. The molecule has 2 N–H and O–H groups in total. The number of hydrogen-bond donors (Lipinski definition) is 2. The molecule has 1 atom stereocenters. The highest BCUT2D eigenvalue weighted by Gasteiger charge is 2.16. The van der Waals surface area contributed by atoms with E-state index in [2.05, 4.69) is 10.6 Å². The molecular weight excluding hydrogens is 344 g/mol. The predicted octanol–water partition coefficient (Wildman–Crippen LogP) is 2.85. The summed E-state index contributed by atoms with van der Waals surface area (Å²) >= 11 is 0. The van der Waals surface area contributed by atoms with Crippen LogP contribution in [0.2, 0.25) is 0 Å². The minimum atomic E-state index is -0.351. The summed E-state index contributed by atoms with van der Waals surface area (Å²) in [6.45, 7) is 4.73. The van der Waals surface area contributed by atoms with Gasteiger partial charge < -0.3 is 20.1 Å². The minimum Gasteiger partial charge on any atom is -0.494 e. The molecular formula is C21H26N2O4. The van der Waals surface area contributed by atoms with E-state index in [0.717, 1.165) is 11.3 Å². The first-order chi connectivity index (χ1) is 13.1. The lowest BCUT2D eigenvalue weighted by atomic mass is 10.0. The number of hydrogen-bond acceptors (Lipinski definition) is 4. The zero-order valence-corrected chi connectivity index (χ0v) is 15.7. The molecule has 6 heteroatoms. The van der Waals surface area contributed by atoms with Gasteiger partial charge in [0.15, 0.2) is 0 Å². The number of benzene rings is 2. The molecule has 0 saturated carbocycles. The molecule has 0 fully saturated rings. The predicted molar refractivity (Wildman–Crippen MR) is 104 cm³/mol. The molecule has 0 radical (unpaired) electrons. The summed E-state index contributed by atoms with van der Waals surface area (Å²) in [4.78, 5) is 23.6. The average Bonchev–Trinajstić information content (AvgIpc) is 2.66. The quantitative estimate of drug-likeness (QED) is 0.631. The van der Waals surface area contributed by atoms with E-state index in [9.17, 15) is 9.59 Å². The van der Waals surface area contributed by atoms with Crippen molar-refractivity contribution in [1.82, 2.24) is 10.6 Å². The zero-order chi connectivity index (χ0) is 19.5. The number of amides is 2. The lowest BCUT2D eigenvalue weighted by Crippen LogP contribution is -2.34. The maximum Gasteiger partial charge on any atom is 0.222 e. The standard InChI is InChI=1S/C21H26N2O4/c1-3-26-18-9-11-19(12-10-18)27-14-13-22-21(25)15-20(23-16(2)24)17-7-5-4-6-8-17/h4-12,20H,3,13-15H2,1-2H3,(H,22,25)(H,23,24)/t20-/m0/s1. The summed E-state index contributed by atoms with van der Waals surface area (Å²) in [7, 11) is 0. The molecule has 6 nitrogen and oxygen atoms in total. The molecule has 0 aliphatic heterocycles. The van der Waals surface area contributed by atoms with Gasteiger partial charge in [-0.15, -0.1) is 0 Å². The van der Waals surface area contributed by atoms with Crippen LogP contribution in [0.4, 0.5) is 0 Å². The third-order valence-corrected chi connectivity index (χ3v) is 3.80. The molecule has 0 aliphatic carbocycles. The number of nitrogens with one attached hydrogen (secondary N) is 2. The van der Waals surface area contributed by atoms with Crippen molar-refractivity contribution >= 4 is 11.8 Å². The Bertz CT molecular complexity index is 717. The van der Waals surface area contributed by atoms with Crippen LogP contribution in [0.15, 0.2) is 54.6 Å². The summed E-state index contributed by atoms with van der Waals surface area (Å²) in [6.07, 6.45) is 0.173. The number of ether oxygens (including phenoxy) is 2. The fraction of sp³-hybridized carbons (Fsp3) is 0.333. The van der Waals surface area contributed by atoms with Crippen molar-refractivity contribution < 1.29 is 19.1 Å². The van der Waals surface area contributed by atoms with Crippen molar-refractivity contribution in [2.24, 2.45) is 0 Å². The molecule has 2 aromatic carbocycles. The number of rotatable bonds is 10. The number of carbonyl (C=O) groups excluding carboxylic acids is 2. The van der Waals surface area contributed by atoms with Gasteiger partial charge in [-0.05, 0) is 36.8 Å². The first kappa shape index (κ1) is 20.3. The topological polar surface area (TPSA) is 76.7 Å². The smallest absolute Gasteiger partial charge is 0.222 e. The first-order valence-electron chi connectivity index (χ1n) is 9.03. The molecule has 0 aliphatic rings. The Morgan fingerprint density at radius 3 is 2.19 bits per heavy atom. The summed E-state index contributed by atoms with van der Waals surface area (Å²) in [6, 6.07) is 16.4. The monoisotopic (exact) mass is 370 g/mol. The third-order valence-electron chi connectivity index (χ3n) is 3.80. The van der Waals surface area contributed by atoms with Gasteiger partial charge in [-0.25, -0.2) is 0 Å².